The van der Waals surface area contributed by atoms with Crippen molar-refractivity contribution in [2.24, 2.45) is 0 Å². The van der Waals surface area contributed by atoms with Crippen LogP contribution >= 0.6 is 0 Å². The molecule has 0 aliphatic rings. The molecular weight excluding hydrogens is 362 g/mol. The number of hydrogen-bond donors (Lipinski definition) is 1. The van der Waals surface area contributed by atoms with Crippen LogP contribution in [0.15, 0.2) is 53.4 Å². The number of hydrogen-bond acceptors (Lipinski definition) is 4. The fourth-order valence-electron chi connectivity index (χ4n) is 2.49. The lowest BCUT2D eigenvalue weighted by Gasteiger charge is -2.12. The third-order valence-electron chi connectivity index (χ3n) is 4.48. The number of sulfonamides is 1. The molecule has 2 rings (SSSR count). The molecule has 5 nitrogen and oxygen atoms in total. The van der Waals surface area contributed by atoms with Crippen LogP contribution in [-0.2, 0) is 14.8 Å². The van der Waals surface area contributed by atoms with Crippen LogP contribution in [0.2, 0.25) is 0 Å². The van der Waals surface area contributed by atoms with E-state index in [1.165, 1.54) is 0 Å². The van der Waals surface area contributed by atoms with E-state index in [1.54, 1.807) is 36.4 Å². The summed E-state index contributed by atoms with van der Waals surface area (Å²) in [6, 6.07) is 13.1. The van der Waals surface area contributed by atoms with E-state index in [-0.39, 0.29) is 4.90 Å². The SMILES string of the molecule is CCCCOC(=O)c1ccc(NS(=O)(=O)c2ccc(C(C)CC)cc2)cc1. The molecule has 0 aromatic heterocycles. The van der Waals surface area contributed by atoms with Crippen LogP contribution in [0.3, 0.4) is 0 Å². The topological polar surface area (TPSA) is 72.5 Å². The highest BCUT2D eigenvalue weighted by molar-refractivity contribution is 7.92. The van der Waals surface area contributed by atoms with Gasteiger partial charge in [-0.25, -0.2) is 13.2 Å². The number of carbonyl (C=O) groups is 1. The maximum absolute atomic E-state index is 12.5. The minimum atomic E-state index is -3.68. The van der Waals surface area contributed by atoms with Crippen molar-refractivity contribution in [3.63, 3.8) is 0 Å². The minimum Gasteiger partial charge on any atom is -0.462 e. The van der Waals surface area contributed by atoms with Crippen molar-refractivity contribution in [3.8, 4) is 0 Å². The van der Waals surface area contributed by atoms with Gasteiger partial charge in [0.2, 0.25) is 0 Å². The molecule has 2 aromatic carbocycles. The summed E-state index contributed by atoms with van der Waals surface area (Å²) >= 11 is 0. The Hall–Kier alpha value is -2.34. The van der Waals surface area contributed by atoms with Crippen molar-refractivity contribution in [1.82, 2.24) is 0 Å². The smallest absolute Gasteiger partial charge is 0.338 e. The van der Waals surface area contributed by atoms with Gasteiger partial charge in [0.05, 0.1) is 17.1 Å². The van der Waals surface area contributed by atoms with Gasteiger partial charge in [0.1, 0.15) is 0 Å². The minimum absolute atomic E-state index is 0.206. The molecule has 0 heterocycles. The Morgan fingerprint density at radius 2 is 1.67 bits per heavy atom. The fraction of sp³-hybridized carbons (Fsp3) is 0.381. The van der Waals surface area contributed by atoms with Gasteiger partial charge in [-0.1, -0.05) is 39.3 Å². The van der Waals surface area contributed by atoms with Crippen LogP contribution in [0, 0.1) is 0 Å². The Kier molecular flexibility index (Phi) is 7.42. The molecule has 0 saturated carbocycles. The molecule has 2 aromatic rings. The van der Waals surface area contributed by atoms with E-state index in [0.717, 1.165) is 24.8 Å². The molecule has 1 atom stereocenters. The summed E-state index contributed by atoms with van der Waals surface area (Å²) in [4.78, 5) is 12.1. The second kappa shape index (κ2) is 9.55. The van der Waals surface area contributed by atoms with Gasteiger partial charge in [-0.05, 0) is 60.7 Å². The average Bonchev–Trinajstić information content (AvgIpc) is 2.68. The van der Waals surface area contributed by atoms with Crippen molar-refractivity contribution in [2.75, 3.05) is 11.3 Å². The molecule has 0 amide bonds. The zero-order chi connectivity index (χ0) is 19.9. The van der Waals surface area contributed by atoms with Gasteiger partial charge in [-0.15, -0.1) is 0 Å². The zero-order valence-corrected chi connectivity index (χ0v) is 16.9. The Bertz CT molecular complexity index is 843. The summed E-state index contributed by atoms with van der Waals surface area (Å²) < 4.78 is 32.8. The zero-order valence-electron chi connectivity index (χ0n) is 16.1. The summed E-state index contributed by atoms with van der Waals surface area (Å²) in [7, 11) is -3.68. The maximum atomic E-state index is 12.5. The van der Waals surface area contributed by atoms with Gasteiger partial charge in [0.25, 0.3) is 10.0 Å². The average molecular weight is 390 g/mol. The first kappa shape index (κ1) is 21.0. The van der Waals surface area contributed by atoms with Crippen LogP contribution in [0.4, 0.5) is 5.69 Å². The second-order valence-corrected chi connectivity index (χ2v) is 8.23. The van der Waals surface area contributed by atoms with Crippen molar-refractivity contribution >= 4 is 21.7 Å². The fourth-order valence-corrected chi connectivity index (χ4v) is 3.55. The van der Waals surface area contributed by atoms with Gasteiger partial charge in [-0.2, -0.15) is 0 Å². The Morgan fingerprint density at radius 1 is 1.04 bits per heavy atom. The summed E-state index contributed by atoms with van der Waals surface area (Å²) in [6.45, 7) is 6.61. The second-order valence-electron chi connectivity index (χ2n) is 6.55. The van der Waals surface area contributed by atoms with Crippen molar-refractivity contribution in [1.29, 1.82) is 0 Å². The van der Waals surface area contributed by atoms with Crippen molar-refractivity contribution in [2.45, 2.75) is 50.8 Å². The van der Waals surface area contributed by atoms with Crippen molar-refractivity contribution < 1.29 is 17.9 Å². The highest BCUT2D eigenvalue weighted by atomic mass is 32.2. The number of carbonyl (C=O) groups excluding carboxylic acids is 1. The van der Waals surface area contributed by atoms with E-state index in [9.17, 15) is 13.2 Å². The van der Waals surface area contributed by atoms with Crippen molar-refractivity contribution in [3.05, 3.63) is 59.7 Å². The van der Waals surface area contributed by atoms with Gasteiger partial charge in [0.15, 0.2) is 0 Å². The van der Waals surface area contributed by atoms with Gasteiger partial charge < -0.3 is 4.74 Å². The third-order valence-corrected chi connectivity index (χ3v) is 5.87. The lowest BCUT2D eigenvalue weighted by Crippen LogP contribution is -2.13. The summed E-state index contributed by atoms with van der Waals surface area (Å²) in [5, 5.41) is 0. The highest BCUT2D eigenvalue weighted by Gasteiger charge is 2.15. The molecule has 0 bridgehead atoms. The first-order valence-corrected chi connectivity index (χ1v) is 10.8. The molecule has 0 saturated heterocycles. The number of unbranched alkanes of at least 4 members (excludes halogenated alkanes) is 1. The molecule has 0 aliphatic heterocycles. The molecular formula is C21H27NO4S. The largest absolute Gasteiger partial charge is 0.462 e. The van der Waals surface area contributed by atoms with Crippen LogP contribution in [0.5, 0.6) is 0 Å². The number of nitrogens with one attached hydrogen (secondary N) is 1. The van der Waals surface area contributed by atoms with Crippen LogP contribution < -0.4 is 4.72 Å². The normalized spacial score (nSPS) is 12.4. The summed E-state index contributed by atoms with van der Waals surface area (Å²) in [5.74, 6) is -0.0159. The highest BCUT2D eigenvalue weighted by Crippen LogP contribution is 2.22. The quantitative estimate of drug-likeness (QED) is 0.486. The van der Waals surface area contributed by atoms with E-state index in [4.69, 9.17) is 4.74 Å². The Balaban J connectivity index is 2.06. The van der Waals surface area contributed by atoms with E-state index in [2.05, 4.69) is 18.6 Å². The van der Waals surface area contributed by atoms with Gasteiger partial charge in [0, 0.05) is 5.69 Å². The Morgan fingerprint density at radius 3 is 2.22 bits per heavy atom. The third kappa shape index (κ3) is 5.82. The predicted octanol–water partition coefficient (Wildman–Crippen LogP) is 4.96. The molecule has 146 valence electrons. The Labute approximate surface area is 161 Å². The molecule has 0 spiro atoms. The molecule has 0 aliphatic carbocycles. The number of anilines is 1. The number of rotatable bonds is 9. The van der Waals surface area contributed by atoms with Crippen LogP contribution in [0.1, 0.15) is 61.9 Å². The maximum Gasteiger partial charge on any atom is 0.338 e. The number of ether oxygens (including phenoxy) is 1. The summed E-state index contributed by atoms with van der Waals surface area (Å²) in [6.07, 6.45) is 2.77. The molecule has 27 heavy (non-hydrogen) atoms. The van der Waals surface area contributed by atoms with Crippen LogP contribution in [0.25, 0.3) is 0 Å². The number of benzene rings is 2. The first-order chi connectivity index (χ1) is 12.9. The molecule has 1 N–H and O–H groups in total. The van der Waals surface area contributed by atoms with E-state index >= 15 is 0 Å². The number of esters is 1. The van der Waals surface area contributed by atoms with Gasteiger partial charge in [-0.3, -0.25) is 4.72 Å². The lowest BCUT2D eigenvalue weighted by molar-refractivity contribution is 0.0500. The van der Waals surface area contributed by atoms with Crippen LogP contribution in [-0.4, -0.2) is 21.0 Å². The molecule has 1 unspecified atom stereocenters. The standard InChI is InChI=1S/C21H27NO4S/c1-4-6-15-26-21(23)18-7-11-19(12-8-18)22-27(24,25)20-13-9-17(10-14-20)16(3)5-2/h7-14,16,22H,4-6,15H2,1-3H3. The van der Waals surface area contributed by atoms with E-state index in [0.29, 0.717) is 23.8 Å². The predicted molar refractivity (Wildman–Crippen MR) is 108 cm³/mol. The first-order valence-electron chi connectivity index (χ1n) is 9.27. The molecule has 0 fully saturated rings. The lowest BCUT2D eigenvalue weighted by atomic mass is 9.99. The summed E-state index contributed by atoms with van der Waals surface area (Å²) in [5.41, 5.74) is 1.90. The van der Waals surface area contributed by atoms with E-state index in [1.807, 2.05) is 19.1 Å². The molecule has 0 radical (unpaired) electrons. The van der Waals surface area contributed by atoms with Gasteiger partial charge >= 0.3 is 5.97 Å². The molecule has 6 heteroatoms. The monoisotopic (exact) mass is 389 g/mol. The van der Waals surface area contributed by atoms with E-state index < -0.39 is 16.0 Å².